The molecule has 1 rings (SSSR count). The molecule has 1 aromatic rings. The van der Waals surface area contributed by atoms with Gasteiger partial charge in [0, 0.05) is 13.2 Å². The fourth-order valence-corrected chi connectivity index (χ4v) is 1.93. The maximum absolute atomic E-state index is 14.1. The first-order chi connectivity index (χ1) is 8.46. The van der Waals surface area contributed by atoms with E-state index in [0.717, 1.165) is 0 Å². The Kier molecular flexibility index (Phi) is 5.11. The van der Waals surface area contributed by atoms with Gasteiger partial charge in [-0.3, -0.25) is 0 Å². The van der Waals surface area contributed by atoms with E-state index in [2.05, 4.69) is 5.32 Å². The first kappa shape index (κ1) is 14.9. The highest BCUT2D eigenvalue weighted by atomic mass is 19.1. The zero-order chi connectivity index (χ0) is 13.8. The quantitative estimate of drug-likeness (QED) is 0.846. The Hall–Kier alpha value is -1.13. The molecule has 1 unspecified atom stereocenters. The lowest BCUT2D eigenvalue weighted by molar-refractivity contribution is -0.00817. The maximum atomic E-state index is 14.1. The molecule has 3 nitrogen and oxygen atoms in total. The van der Waals surface area contributed by atoms with Gasteiger partial charge in [-0.05, 0) is 38.9 Å². The lowest BCUT2D eigenvalue weighted by Crippen LogP contribution is -2.48. The second-order valence-corrected chi connectivity index (χ2v) is 4.79. The van der Waals surface area contributed by atoms with Crippen LogP contribution in [-0.4, -0.2) is 32.9 Å². The minimum absolute atomic E-state index is 0.0177. The fourth-order valence-electron chi connectivity index (χ4n) is 1.93. The molecule has 0 heterocycles. The van der Waals surface area contributed by atoms with Crippen LogP contribution in [0.3, 0.4) is 0 Å². The predicted octanol–water partition coefficient (Wildman–Crippen LogP) is 2.39. The van der Waals surface area contributed by atoms with Gasteiger partial charge in [0.25, 0.3) is 0 Å². The molecular weight excluding hydrogens is 233 g/mol. The molecule has 102 valence electrons. The maximum Gasteiger partial charge on any atom is 0.168 e. The Balaban J connectivity index is 2.96. The molecule has 0 aromatic heterocycles. The van der Waals surface area contributed by atoms with Crippen molar-refractivity contribution in [1.82, 2.24) is 5.32 Å². The van der Waals surface area contributed by atoms with Crippen LogP contribution in [-0.2, 0) is 11.2 Å². The van der Waals surface area contributed by atoms with Gasteiger partial charge in [0.15, 0.2) is 11.6 Å². The van der Waals surface area contributed by atoms with Crippen molar-refractivity contribution in [1.29, 1.82) is 0 Å². The first-order valence-electron chi connectivity index (χ1n) is 6.00. The van der Waals surface area contributed by atoms with E-state index in [0.29, 0.717) is 12.0 Å². The lowest BCUT2D eigenvalue weighted by Gasteiger charge is -2.33. The number of benzene rings is 1. The standard InChI is InChI=1S/C14H22FNO2/c1-14(2,18-5)12(16-3)9-10-7-6-8-11(17-4)13(10)15/h6-8,12,16H,9H2,1-5H3. The van der Waals surface area contributed by atoms with Gasteiger partial charge in [-0.2, -0.15) is 0 Å². The third-order valence-corrected chi connectivity index (χ3v) is 3.40. The third kappa shape index (κ3) is 3.21. The Morgan fingerprint density at radius 2 is 2.00 bits per heavy atom. The molecule has 1 atom stereocenters. The molecular formula is C14H22FNO2. The van der Waals surface area contributed by atoms with E-state index < -0.39 is 0 Å². The van der Waals surface area contributed by atoms with E-state index in [1.807, 2.05) is 20.9 Å². The smallest absolute Gasteiger partial charge is 0.168 e. The molecule has 0 radical (unpaired) electrons. The second-order valence-electron chi connectivity index (χ2n) is 4.79. The van der Waals surface area contributed by atoms with Gasteiger partial charge in [0.1, 0.15) is 0 Å². The zero-order valence-electron chi connectivity index (χ0n) is 11.7. The van der Waals surface area contributed by atoms with Crippen LogP contribution in [0.1, 0.15) is 19.4 Å². The highest BCUT2D eigenvalue weighted by Gasteiger charge is 2.29. The fraction of sp³-hybridized carbons (Fsp3) is 0.571. The summed E-state index contributed by atoms with van der Waals surface area (Å²) in [4.78, 5) is 0. The molecule has 0 saturated heterocycles. The van der Waals surface area contributed by atoms with Crippen LogP contribution in [0.4, 0.5) is 4.39 Å². The molecule has 0 amide bonds. The van der Waals surface area contributed by atoms with Gasteiger partial charge in [-0.25, -0.2) is 4.39 Å². The summed E-state index contributed by atoms with van der Waals surface area (Å²) < 4.78 is 24.5. The van der Waals surface area contributed by atoms with Gasteiger partial charge in [0.2, 0.25) is 0 Å². The minimum atomic E-state index is -0.371. The number of ether oxygens (including phenoxy) is 2. The summed E-state index contributed by atoms with van der Waals surface area (Å²) in [5.74, 6) is -0.0234. The average molecular weight is 255 g/mol. The SMILES string of the molecule is CNC(Cc1cccc(OC)c1F)C(C)(C)OC. The Bertz CT molecular complexity index is 393. The Morgan fingerprint density at radius 1 is 1.33 bits per heavy atom. The molecule has 0 aliphatic heterocycles. The van der Waals surface area contributed by atoms with Crippen molar-refractivity contribution >= 4 is 0 Å². The molecule has 18 heavy (non-hydrogen) atoms. The summed E-state index contributed by atoms with van der Waals surface area (Å²) in [6, 6.07) is 5.20. The summed E-state index contributed by atoms with van der Waals surface area (Å²) in [6.45, 7) is 3.96. The molecule has 1 N–H and O–H groups in total. The van der Waals surface area contributed by atoms with Crippen LogP contribution in [0.5, 0.6) is 5.75 Å². The van der Waals surface area contributed by atoms with Gasteiger partial charge in [0.05, 0.1) is 12.7 Å². The van der Waals surface area contributed by atoms with Gasteiger partial charge in [-0.15, -0.1) is 0 Å². The Labute approximate surface area is 108 Å². The molecule has 0 spiro atoms. The Morgan fingerprint density at radius 3 is 2.50 bits per heavy atom. The summed E-state index contributed by atoms with van der Waals surface area (Å²) in [5.41, 5.74) is 0.253. The van der Waals surface area contributed by atoms with E-state index in [1.54, 1.807) is 25.3 Å². The van der Waals surface area contributed by atoms with Crippen molar-refractivity contribution in [3.8, 4) is 5.75 Å². The highest BCUT2D eigenvalue weighted by Crippen LogP contribution is 2.24. The lowest BCUT2D eigenvalue weighted by atomic mass is 9.92. The van der Waals surface area contributed by atoms with Crippen LogP contribution < -0.4 is 10.1 Å². The van der Waals surface area contributed by atoms with E-state index in [9.17, 15) is 4.39 Å². The van der Waals surface area contributed by atoms with Crippen molar-refractivity contribution in [2.24, 2.45) is 0 Å². The van der Waals surface area contributed by atoms with Gasteiger partial charge < -0.3 is 14.8 Å². The van der Waals surface area contributed by atoms with Crippen molar-refractivity contribution in [3.05, 3.63) is 29.6 Å². The van der Waals surface area contributed by atoms with E-state index in [1.165, 1.54) is 7.11 Å². The third-order valence-electron chi connectivity index (χ3n) is 3.40. The molecule has 0 bridgehead atoms. The number of likely N-dealkylation sites (N-methyl/N-ethyl adjacent to an activating group) is 1. The average Bonchev–Trinajstić information content (AvgIpc) is 2.37. The van der Waals surface area contributed by atoms with Crippen LogP contribution in [0, 0.1) is 5.82 Å². The van der Waals surface area contributed by atoms with Crippen molar-refractivity contribution in [2.45, 2.75) is 31.9 Å². The van der Waals surface area contributed by atoms with E-state index >= 15 is 0 Å². The molecule has 0 saturated carbocycles. The van der Waals surface area contributed by atoms with Crippen molar-refractivity contribution in [3.63, 3.8) is 0 Å². The summed E-state index contributed by atoms with van der Waals surface area (Å²) >= 11 is 0. The number of methoxy groups -OCH3 is 2. The highest BCUT2D eigenvalue weighted by molar-refractivity contribution is 5.31. The minimum Gasteiger partial charge on any atom is -0.494 e. The normalized spacial score (nSPS) is 13.4. The molecule has 0 aliphatic carbocycles. The number of rotatable bonds is 6. The predicted molar refractivity (Wildman–Crippen MR) is 70.6 cm³/mol. The monoisotopic (exact) mass is 255 g/mol. The van der Waals surface area contributed by atoms with Crippen LogP contribution in [0.25, 0.3) is 0 Å². The van der Waals surface area contributed by atoms with E-state index in [4.69, 9.17) is 9.47 Å². The summed E-state index contributed by atoms with van der Waals surface area (Å²) in [6.07, 6.45) is 0.542. The zero-order valence-corrected chi connectivity index (χ0v) is 11.7. The topological polar surface area (TPSA) is 30.5 Å². The van der Waals surface area contributed by atoms with E-state index in [-0.39, 0.29) is 23.2 Å². The van der Waals surface area contributed by atoms with Gasteiger partial charge in [-0.1, -0.05) is 12.1 Å². The molecule has 0 fully saturated rings. The van der Waals surface area contributed by atoms with Crippen LogP contribution in [0.2, 0.25) is 0 Å². The number of nitrogens with one attached hydrogen (secondary N) is 1. The summed E-state index contributed by atoms with van der Waals surface area (Å²) in [5, 5.41) is 3.17. The number of halogens is 1. The van der Waals surface area contributed by atoms with Crippen LogP contribution >= 0.6 is 0 Å². The number of hydrogen-bond donors (Lipinski definition) is 1. The molecule has 0 aliphatic rings. The summed E-state index contributed by atoms with van der Waals surface area (Å²) in [7, 11) is 4.98. The molecule has 4 heteroatoms. The second kappa shape index (κ2) is 6.16. The largest absolute Gasteiger partial charge is 0.494 e. The molecule has 1 aromatic carbocycles. The van der Waals surface area contributed by atoms with Crippen molar-refractivity contribution < 1.29 is 13.9 Å². The first-order valence-corrected chi connectivity index (χ1v) is 6.00. The van der Waals surface area contributed by atoms with Crippen LogP contribution in [0.15, 0.2) is 18.2 Å². The van der Waals surface area contributed by atoms with Gasteiger partial charge >= 0.3 is 0 Å². The van der Waals surface area contributed by atoms with Crippen molar-refractivity contribution in [2.75, 3.05) is 21.3 Å². The number of hydrogen-bond acceptors (Lipinski definition) is 3.